The summed E-state index contributed by atoms with van der Waals surface area (Å²) in [6.45, 7) is 6.41. The minimum atomic E-state index is -1.13. The summed E-state index contributed by atoms with van der Waals surface area (Å²) in [7, 11) is 0. The summed E-state index contributed by atoms with van der Waals surface area (Å²) >= 11 is 0. The molecule has 0 spiro atoms. The van der Waals surface area contributed by atoms with Crippen molar-refractivity contribution in [3.63, 3.8) is 0 Å². The Hall–Kier alpha value is -2.89. The molecule has 140 valence electrons. The molecule has 1 aromatic heterocycles. The van der Waals surface area contributed by atoms with Crippen LogP contribution in [0.3, 0.4) is 0 Å². The number of aromatic nitrogens is 2. The third kappa shape index (κ3) is 3.27. The highest BCUT2D eigenvalue weighted by atomic mass is 19.1. The van der Waals surface area contributed by atoms with Gasteiger partial charge in [0.25, 0.3) is 0 Å². The number of amides is 2. The number of hydrogen-bond acceptors (Lipinski definition) is 2. The zero-order valence-corrected chi connectivity index (χ0v) is 15.6. The first-order valence-corrected chi connectivity index (χ1v) is 9.10. The lowest BCUT2D eigenvalue weighted by atomic mass is 9.85. The van der Waals surface area contributed by atoms with Gasteiger partial charge in [0, 0.05) is 11.8 Å². The monoisotopic (exact) mass is 366 g/mol. The molecule has 0 fully saturated rings. The molecule has 0 unspecified atom stereocenters. The fourth-order valence-corrected chi connectivity index (χ4v) is 3.62. The number of benzene rings is 2. The van der Waals surface area contributed by atoms with Crippen LogP contribution in [0.2, 0.25) is 0 Å². The van der Waals surface area contributed by atoms with Gasteiger partial charge in [-0.1, -0.05) is 45.0 Å². The van der Waals surface area contributed by atoms with Gasteiger partial charge in [-0.15, -0.1) is 0 Å². The Kier molecular flexibility index (Phi) is 4.13. The Morgan fingerprint density at radius 3 is 2.85 bits per heavy atom. The lowest BCUT2D eigenvalue weighted by molar-refractivity contribution is 0.232. The topological polar surface area (TPSA) is 69.8 Å². The zero-order chi connectivity index (χ0) is 19.2. The number of carbonyl (C=O) groups is 1. The number of urea groups is 1. The number of alkyl halides is 1. The largest absolute Gasteiger partial charge is 0.328 e. The van der Waals surface area contributed by atoms with Crippen molar-refractivity contribution in [2.45, 2.75) is 44.8 Å². The van der Waals surface area contributed by atoms with Crippen molar-refractivity contribution in [2.24, 2.45) is 0 Å². The Labute approximate surface area is 157 Å². The van der Waals surface area contributed by atoms with Crippen LogP contribution >= 0.6 is 0 Å². The summed E-state index contributed by atoms with van der Waals surface area (Å²) in [5.41, 5.74) is 4.47. The number of rotatable bonds is 2. The third-order valence-corrected chi connectivity index (χ3v) is 5.14. The summed E-state index contributed by atoms with van der Waals surface area (Å²) in [5.74, 6) is 0. The highest BCUT2D eigenvalue weighted by Gasteiger charge is 2.34. The molecule has 3 N–H and O–H groups in total. The van der Waals surface area contributed by atoms with E-state index in [0.717, 1.165) is 22.0 Å². The van der Waals surface area contributed by atoms with E-state index in [9.17, 15) is 9.18 Å². The lowest BCUT2D eigenvalue weighted by Gasteiger charge is -2.21. The van der Waals surface area contributed by atoms with E-state index < -0.39 is 18.2 Å². The van der Waals surface area contributed by atoms with E-state index in [1.807, 2.05) is 24.3 Å². The molecule has 1 aliphatic rings. The smallest absolute Gasteiger partial charge is 0.319 e. The molecule has 0 bridgehead atoms. The average Bonchev–Trinajstić information content (AvgIpc) is 3.19. The molecule has 1 aliphatic carbocycles. The lowest BCUT2D eigenvalue weighted by Crippen LogP contribution is -2.35. The van der Waals surface area contributed by atoms with Gasteiger partial charge in [-0.2, -0.15) is 5.10 Å². The molecule has 0 saturated carbocycles. The second kappa shape index (κ2) is 6.37. The number of carbonyl (C=O) groups excluding carboxylic acids is 1. The van der Waals surface area contributed by atoms with E-state index in [-0.39, 0.29) is 5.41 Å². The molecule has 4 rings (SSSR count). The van der Waals surface area contributed by atoms with Crippen LogP contribution in [0, 0.1) is 0 Å². The van der Waals surface area contributed by atoms with E-state index in [1.165, 1.54) is 5.56 Å². The van der Waals surface area contributed by atoms with Gasteiger partial charge in [-0.3, -0.25) is 5.10 Å². The minimum Gasteiger partial charge on any atom is -0.328 e. The molecular weight excluding hydrogens is 343 g/mol. The Balaban J connectivity index is 1.53. The van der Waals surface area contributed by atoms with E-state index in [0.29, 0.717) is 12.1 Å². The van der Waals surface area contributed by atoms with Gasteiger partial charge < -0.3 is 10.6 Å². The van der Waals surface area contributed by atoms with Crippen LogP contribution in [-0.2, 0) is 11.8 Å². The molecule has 0 aliphatic heterocycles. The molecule has 27 heavy (non-hydrogen) atoms. The number of hydrogen-bond donors (Lipinski definition) is 3. The number of aromatic amines is 1. The number of nitrogens with one attached hydrogen (secondary N) is 3. The van der Waals surface area contributed by atoms with Gasteiger partial charge in [0.2, 0.25) is 0 Å². The van der Waals surface area contributed by atoms with Gasteiger partial charge in [-0.25, -0.2) is 9.18 Å². The van der Waals surface area contributed by atoms with Crippen molar-refractivity contribution >= 4 is 22.6 Å². The first kappa shape index (κ1) is 17.5. The predicted molar refractivity (Wildman–Crippen MR) is 105 cm³/mol. The number of fused-ring (bicyclic) bond motifs is 2. The Bertz CT molecular complexity index is 1000. The third-order valence-electron chi connectivity index (χ3n) is 5.14. The summed E-state index contributed by atoms with van der Waals surface area (Å²) in [6.07, 6.45) is 0.842. The van der Waals surface area contributed by atoms with Crippen molar-refractivity contribution in [3.05, 3.63) is 59.3 Å². The molecule has 2 atom stereocenters. The average molecular weight is 366 g/mol. The van der Waals surface area contributed by atoms with Gasteiger partial charge in [0.1, 0.15) is 6.17 Å². The van der Waals surface area contributed by atoms with Crippen molar-refractivity contribution < 1.29 is 9.18 Å². The summed E-state index contributed by atoms with van der Waals surface area (Å²) < 4.78 is 14.7. The minimum absolute atomic E-state index is 0.00695. The molecule has 2 amide bonds. The number of anilines is 1. The van der Waals surface area contributed by atoms with Crippen LogP contribution in [0.4, 0.5) is 14.9 Å². The molecule has 3 aromatic rings. The molecule has 0 saturated heterocycles. The zero-order valence-electron chi connectivity index (χ0n) is 15.6. The molecule has 5 nitrogen and oxygen atoms in total. The summed E-state index contributed by atoms with van der Waals surface area (Å²) in [5, 5.41) is 13.3. The normalized spacial score (nSPS) is 19.1. The van der Waals surface area contributed by atoms with Crippen LogP contribution in [0.5, 0.6) is 0 Å². The van der Waals surface area contributed by atoms with Crippen LogP contribution in [0.25, 0.3) is 10.9 Å². The van der Waals surface area contributed by atoms with Gasteiger partial charge >= 0.3 is 6.03 Å². The molecular formula is C21H23FN4O. The number of H-pyrrole nitrogens is 1. The Morgan fingerprint density at radius 2 is 2.07 bits per heavy atom. The van der Waals surface area contributed by atoms with E-state index in [1.54, 1.807) is 12.3 Å². The van der Waals surface area contributed by atoms with E-state index in [4.69, 9.17) is 0 Å². The van der Waals surface area contributed by atoms with Crippen molar-refractivity contribution in [2.75, 3.05) is 5.32 Å². The highest BCUT2D eigenvalue weighted by Crippen LogP contribution is 2.36. The molecule has 2 aromatic carbocycles. The maximum Gasteiger partial charge on any atom is 0.319 e. The van der Waals surface area contributed by atoms with Gasteiger partial charge in [0.15, 0.2) is 0 Å². The summed E-state index contributed by atoms with van der Waals surface area (Å²) in [4.78, 5) is 12.5. The Morgan fingerprint density at radius 1 is 1.26 bits per heavy atom. The SMILES string of the molecule is CC(C)(C)c1ccc2c(c1)C[C@H](F)[C@H]2NC(=O)Nc1cccc2[nH]ncc12. The van der Waals surface area contributed by atoms with Gasteiger partial charge in [0.05, 0.1) is 23.4 Å². The maximum atomic E-state index is 14.7. The first-order valence-electron chi connectivity index (χ1n) is 9.10. The number of nitrogens with zero attached hydrogens (tertiary/aromatic N) is 1. The first-order chi connectivity index (χ1) is 12.8. The van der Waals surface area contributed by atoms with E-state index in [2.05, 4.69) is 47.7 Å². The molecule has 6 heteroatoms. The van der Waals surface area contributed by atoms with Crippen LogP contribution in [0.1, 0.15) is 43.5 Å². The van der Waals surface area contributed by atoms with Gasteiger partial charge in [-0.05, 0) is 34.2 Å². The second-order valence-electron chi connectivity index (χ2n) is 8.10. The van der Waals surface area contributed by atoms with Crippen LogP contribution < -0.4 is 10.6 Å². The van der Waals surface area contributed by atoms with Crippen molar-refractivity contribution in [3.8, 4) is 0 Å². The summed E-state index contributed by atoms with van der Waals surface area (Å²) in [6, 6.07) is 10.5. The quantitative estimate of drug-likeness (QED) is 0.619. The second-order valence-corrected chi connectivity index (χ2v) is 8.10. The maximum absolute atomic E-state index is 14.7. The fraction of sp³-hybridized carbons (Fsp3) is 0.333. The number of halogens is 1. The standard InChI is InChI=1S/C21H23FN4O/c1-21(2,3)13-7-8-14-12(9-13)10-16(22)19(14)25-20(27)24-17-5-4-6-18-15(17)11-23-26-18/h4-9,11,16,19H,10H2,1-3H3,(H,23,26)(H2,24,25,27)/t16-,19-/m0/s1. The van der Waals surface area contributed by atoms with Crippen molar-refractivity contribution in [1.82, 2.24) is 15.5 Å². The highest BCUT2D eigenvalue weighted by molar-refractivity contribution is 6.00. The van der Waals surface area contributed by atoms with E-state index >= 15 is 0 Å². The van der Waals surface area contributed by atoms with Crippen LogP contribution in [0.15, 0.2) is 42.6 Å². The fourth-order valence-electron chi connectivity index (χ4n) is 3.62. The van der Waals surface area contributed by atoms with Crippen LogP contribution in [-0.4, -0.2) is 22.4 Å². The molecule has 1 heterocycles. The van der Waals surface area contributed by atoms with Crippen molar-refractivity contribution in [1.29, 1.82) is 0 Å². The molecule has 0 radical (unpaired) electrons. The predicted octanol–water partition coefficient (Wildman–Crippen LogP) is 4.62.